The van der Waals surface area contributed by atoms with Crippen LogP contribution in [-0.4, -0.2) is 23.8 Å². The summed E-state index contributed by atoms with van der Waals surface area (Å²) in [6, 6.07) is 3.93. The lowest BCUT2D eigenvalue weighted by molar-refractivity contribution is -0.118. The molecule has 0 saturated heterocycles. The number of hydrogen-bond donors (Lipinski definition) is 3. The van der Waals surface area contributed by atoms with Gasteiger partial charge in [-0.3, -0.25) is 19.7 Å². The van der Waals surface area contributed by atoms with Gasteiger partial charge in [-0.05, 0) is 24.1 Å². The maximum Gasteiger partial charge on any atom is 0.259 e. The van der Waals surface area contributed by atoms with E-state index >= 15 is 0 Å². The lowest BCUT2D eigenvalue weighted by Gasteiger charge is -2.15. The van der Waals surface area contributed by atoms with Crippen LogP contribution in [0.25, 0.3) is 0 Å². The number of hydrogen-bond acceptors (Lipinski definition) is 4. The number of nitrogens with one attached hydrogen (secondary N) is 2. The standard InChI is InChI=1S/C13H15N3O3/c1-6(2)10(14)13(19)15-7-3-4-8-9(5-7)12(18)16-11(8)17/h3-6,10H,14H2,1-2H3,(H,15,19)(H,16,17,18)/t10-/m1/s1. The molecular weight excluding hydrogens is 246 g/mol. The van der Waals surface area contributed by atoms with Crippen LogP contribution in [0.4, 0.5) is 5.69 Å². The summed E-state index contributed by atoms with van der Waals surface area (Å²) in [6.45, 7) is 3.69. The van der Waals surface area contributed by atoms with Crippen molar-refractivity contribution in [3.05, 3.63) is 29.3 Å². The summed E-state index contributed by atoms with van der Waals surface area (Å²) in [5.74, 6) is -1.18. The van der Waals surface area contributed by atoms with Crippen LogP contribution >= 0.6 is 0 Å². The van der Waals surface area contributed by atoms with E-state index in [1.54, 1.807) is 6.07 Å². The van der Waals surface area contributed by atoms with Gasteiger partial charge >= 0.3 is 0 Å². The van der Waals surface area contributed by atoms with Crippen molar-refractivity contribution < 1.29 is 14.4 Å². The number of imide groups is 1. The Bertz CT molecular complexity index is 566. The molecule has 0 bridgehead atoms. The summed E-state index contributed by atoms with van der Waals surface area (Å²) in [4.78, 5) is 34.7. The maximum atomic E-state index is 11.8. The highest BCUT2D eigenvalue weighted by Crippen LogP contribution is 2.20. The fourth-order valence-corrected chi connectivity index (χ4v) is 1.77. The smallest absolute Gasteiger partial charge is 0.259 e. The molecule has 1 aromatic rings. The zero-order valence-corrected chi connectivity index (χ0v) is 10.7. The van der Waals surface area contributed by atoms with Gasteiger partial charge in [0.15, 0.2) is 0 Å². The van der Waals surface area contributed by atoms with Gasteiger partial charge in [-0.1, -0.05) is 13.8 Å². The molecule has 0 unspecified atom stereocenters. The highest BCUT2D eigenvalue weighted by atomic mass is 16.2. The average Bonchev–Trinajstić information content (AvgIpc) is 2.63. The van der Waals surface area contributed by atoms with Gasteiger partial charge < -0.3 is 11.1 Å². The molecule has 1 atom stereocenters. The lowest BCUT2D eigenvalue weighted by atomic mass is 10.0. The quantitative estimate of drug-likeness (QED) is 0.689. The van der Waals surface area contributed by atoms with E-state index < -0.39 is 17.9 Å². The van der Waals surface area contributed by atoms with Crippen molar-refractivity contribution in [1.82, 2.24) is 5.32 Å². The van der Waals surface area contributed by atoms with Gasteiger partial charge in [-0.25, -0.2) is 0 Å². The van der Waals surface area contributed by atoms with Crippen LogP contribution in [0.1, 0.15) is 34.6 Å². The number of amides is 3. The fourth-order valence-electron chi connectivity index (χ4n) is 1.77. The van der Waals surface area contributed by atoms with Crippen LogP contribution in [0.5, 0.6) is 0 Å². The van der Waals surface area contributed by atoms with Crippen LogP contribution in [0.2, 0.25) is 0 Å². The first-order valence-corrected chi connectivity index (χ1v) is 5.96. The van der Waals surface area contributed by atoms with E-state index in [1.165, 1.54) is 12.1 Å². The average molecular weight is 261 g/mol. The normalized spacial score (nSPS) is 15.2. The minimum Gasteiger partial charge on any atom is -0.325 e. The number of carbonyl (C=O) groups is 3. The van der Waals surface area contributed by atoms with Crippen molar-refractivity contribution in [1.29, 1.82) is 0 Å². The van der Waals surface area contributed by atoms with Crippen LogP contribution in [0, 0.1) is 5.92 Å². The molecule has 0 radical (unpaired) electrons. The molecule has 3 amide bonds. The molecule has 4 N–H and O–H groups in total. The van der Waals surface area contributed by atoms with E-state index in [2.05, 4.69) is 10.6 Å². The number of anilines is 1. The van der Waals surface area contributed by atoms with Gasteiger partial charge in [0.25, 0.3) is 11.8 Å². The third kappa shape index (κ3) is 2.48. The summed E-state index contributed by atoms with van der Waals surface area (Å²) in [5.41, 5.74) is 6.75. The van der Waals surface area contributed by atoms with E-state index in [0.29, 0.717) is 11.3 Å². The van der Waals surface area contributed by atoms with Gasteiger partial charge in [0.05, 0.1) is 17.2 Å². The Hall–Kier alpha value is -2.21. The molecule has 1 aliphatic rings. The predicted molar refractivity (Wildman–Crippen MR) is 69.7 cm³/mol. The number of nitrogens with two attached hydrogens (primary N) is 1. The zero-order valence-electron chi connectivity index (χ0n) is 10.7. The zero-order chi connectivity index (χ0) is 14.2. The van der Waals surface area contributed by atoms with Gasteiger partial charge in [0.1, 0.15) is 0 Å². The molecule has 1 aromatic carbocycles. The molecule has 19 heavy (non-hydrogen) atoms. The lowest BCUT2D eigenvalue weighted by Crippen LogP contribution is -2.39. The van der Waals surface area contributed by atoms with Crippen molar-refractivity contribution in [2.45, 2.75) is 19.9 Å². The Morgan fingerprint density at radius 1 is 1.21 bits per heavy atom. The summed E-state index contributed by atoms with van der Waals surface area (Å²) in [7, 11) is 0. The molecule has 0 aliphatic carbocycles. The number of benzene rings is 1. The first-order valence-electron chi connectivity index (χ1n) is 5.96. The SMILES string of the molecule is CC(C)[C@@H](N)C(=O)Nc1ccc2c(c1)C(=O)NC2=O. The molecule has 6 heteroatoms. The van der Waals surface area contributed by atoms with Gasteiger partial charge in [-0.15, -0.1) is 0 Å². The Balaban J connectivity index is 2.20. The van der Waals surface area contributed by atoms with Crippen LogP contribution in [-0.2, 0) is 4.79 Å². The van der Waals surface area contributed by atoms with Crippen LogP contribution < -0.4 is 16.4 Å². The Labute approximate surface area is 110 Å². The minimum atomic E-state index is -0.622. The van der Waals surface area contributed by atoms with Gasteiger partial charge in [0, 0.05) is 5.69 Å². The molecular formula is C13H15N3O3. The van der Waals surface area contributed by atoms with Crippen molar-refractivity contribution in [2.24, 2.45) is 11.7 Å². The summed E-state index contributed by atoms with van der Waals surface area (Å²) < 4.78 is 0. The highest BCUT2D eigenvalue weighted by molar-refractivity contribution is 6.22. The largest absolute Gasteiger partial charge is 0.325 e. The molecule has 2 rings (SSSR count). The Morgan fingerprint density at radius 3 is 2.47 bits per heavy atom. The van der Waals surface area contributed by atoms with E-state index in [9.17, 15) is 14.4 Å². The summed E-state index contributed by atoms with van der Waals surface area (Å²) in [5, 5.41) is 4.82. The Kier molecular flexibility index (Phi) is 3.35. The van der Waals surface area contributed by atoms with Crippen molar-refractivity contribution in [3.63, 3.8) is 0 Å². The molecule has 0 fully saturated rings. The van der Waals surface area contributed by atoms with Crippen LogP contribution in [0.3, 0.4) is 0 Å². The molecule has 0 spiro atoms. The first kappa shape index (κ1) is 13.2. The number of fused-ring (bicyclic) bond motifs is 1. The van der Waals surface area contributed by atoms with E-state index in [-0.39, 0.29) is 17.4 Å². The Morgan fingerprint density at radius 2 is 1.84 bits per heavy atom. The number of rotatable bonds is 3. The van der Waals surface area contributed by atoms with Gasteiger partial charge in [-0.2, -0.15) is 0 Å². The number of carbonyl (C=O) groups excluding carboxylic acids is 3. The van der Waals surface area contributed by atoms with Crippen molar-refractivity contribution >= 4 is 23.4 Å². The summed E-state index contributed by atoms with van der Waals surface area (Å²) >= 11 is 0. The van der Waals surface area contributed by atoms with Crippen LogP contribution in [0.15, 0.2) is 18.2 Å². The third-order valence-electron chi connectivity index (χ3n) is 3.02. The first-order chi connectivity index (χ1) is 8.90. The predicted octanol–water partition coefficient (Wildman–Crippen LogP) is 0.492. The molecule has 100 valence electrons. The van der Waals surface area contributed by atoms with Gasteiger partial charge in [0.2, 0.25) is 5.91 Å². The molecule has 1 heterocycles. The second kappa shape index (κ2) is 4.81. The second-order valence-corrected chi connectivity index (χ2v) is 4.80. The van der Waals surface area contributed by atoms with E-state index in [4.69, 9.17) is 5.73 Å². The topological polar surface area (TPSA) is 101 Å². The van der Waals surface area contributed by atoms with E-state index in [0.717, 1.165) is 0 Å². The molecule has 6 nitrogen and oxygen atoms in total. The second-order valence-electron chi connectivity index (χ2n) is 4.80. The molecule has 0 aromatic heterocycles. The monoisotopic (exact) mass is 261 g/mol. The molecule has 0 saturated carbocycles. The highest BCUT2D eigenvalue weighted by Gasteiger charge is 2.27. The van der Waals surface area contributed by atoms with E-state index in [1.807, 2.05) is 13.8 Å². The minimum absolute atomic E-state index is 0.0132. The maximum absolute atomic E-state index is 11.8. The summed E-state index contributed by atoms with van der Waals surface area (Å²) in [6.07, 6.45) is 0. The third-order valence-corrected chi connectivity index (χ3v) is 3.02. The molecule has 1 aliphatic heterocycles. The van der Waals surface area contributed by atoms with Crippen molar-refractivity contribution in [3.8, 4) is 0 Å². The fraction of sp³-hybridized carbons (Fsp3) is 0.308. The van der Waals surface area contributed by atoms with Crippen molar-refractivity contribution in [2.75, 3.05) is 5.32 Å².